The summed E-state index contributed by atoms with van der Waals surface area (Å²) < 4.78 is 69.3. The van der Waals surface area contributed by atoms with Crippen LogP contribution >= 0.6 is 15.9 Å². The van der Waals surface area contributed by atoms with Crippen LogP contribution in [0.25, 0.3) is 39.1 Å². The highest BCUT2D eigenvalue weighted by atomic mass is 79.9. The minimum absolute atomic E-state index is 0.00340. The van der Waals surface area contributed by atoms with Gasteiger partial charge in [-0.15, -0.1) is 0 Å². The van der Waals surface area contributed by atoms with Gasteiger partial charge in [-0.25, -0.2) is 18.4 Å². The molecule has 0 spiro atoms. The van der Waals surface area contributed by atoms with Gasteiger partial charge in [0.1, 0.15) is 16.9 Å². The Morgan fingerprint density at radius 3 is 2.55 bits per heavy atom. The van der Waals surface area contributed by atoms with Gasteiger partial charge in [0.15, 0.2) is 20.7 Å². The number of hydrogen-bond donors (Lipinski definition) is 0. The molecule has 0 aliphatic rings. The van der Waals surface area contributed by atoms with Crippen LogP contribution in [0.3, 0.4) is 0 Å². The molecule has 0 amide bonds. The number of nitrogens with zero attached hydrogens (tertiary/aromatic N) is 5. The molecular weight excluding hydrogens is 523 g/mol. The first kappa shape index (κ1) is 21.8. The summed E-state index contributed by atoms with van der Waals surface area (Å²) in [4.78, 5) is 13.2. The van der Waals surface area contributed by atoms with Crippen LogP contribution in [0.5, 0.6) is 0 Å². The molecule has 0 aliphatic carbocycles. The molecule has 0 saturated heterocycles. The second-order valence-electron chi connectivity index (χ2n) is 7.46. The molecular formula is C21H15BrF3N5O2S. The third-order valence-corrected chi connectivity index (χ3v) is 7.66. The lowest BCUT2D eigenvalue weighted by Crippen LogP contribution is -2.09. The fraction of sp³-hybridized carbons (Fsp3) is 0.190. The molecule has 0 unspecified atom stereocenters. The van der Waals surface area contributed by atoms with Crippen molar-refractivity contribution >= 4 is 53.4 Å². The van der Waals surface area contributed by atoms with Crippen molar-refractivity contribution in [3.63, 3.8) is 0 Å². The van der Waals surface area contributed by atoms with Crippen molar-refractivity contribution in [1.29, 1.82) is 0 Å². The number of sulfone groups is 1. The third-order valence-electron chi connectivity index (χ3n) is 5.45. The van der Waals surface area contributed by atoms with Crippen LogP contribution in [0.2, 0.25) is 0 Å². The molecule has 1 aromatic carbocycles. The van der Waals surface area contributed by atoms with Crippen molar-refractivity contribution in [2.24, 2.45) is 7.05 Å². The number of rotatable bonds is 3. The minimum atomic E-state index is -4.49. The first-order chi connectivity index (χ1) is 15.5. The summed E-state index contributed by atoms with van der Waals surface area (Å²) in [5.41, 5.74) is 0.886. The van der Waals surface area contributed by atoms with Gasteiger partial charge in [0, 0.05) is 23.1 Å². The predicted octanol–water partition coefficient (Wildman–Crippen LogP) is 5.01. The van der Waals surface area contributed by atoms with E-state index < -0.39 is 21.6 Å². The number of fused-ring (bicyclic) bond motifs is 4. The van der Waals surface area contributed by atoms with Crippen LogP contribution in [-0.4, -0.2) is 38.1 Å². The average Bonchev–Trinajstić information content (AvgIpc) is 3.30. The van der Waals surface area contributed by atoms with Gasteiger partial charge in [0.25, 0.3) is 0 Å². The highest BCUT2D eigenvalue weighted by molar-refractivity contribution is 9.10. The van der Waals surface area contributed by atoms with E-state index in [0.717, 1.165) is 12.1 Å². The van der Waals surface area contributed by atoms with Crippen LogP contribution in [0.4, 0.5) is 13.2 Å². The first-order valence-corrected chi connectivity index (χ1v) is 12.2. The molecule has 7 nitrogen and oxygen atoms in total. The Morgan fingerprint density at radius 1 is 1.09 bits per heavy atom. The Bertz CT molecular complexity index is 1690. The Labute approximate surface area is 193 Å². The zero-order chi connectivity index (χ0) is 23.7. The van der Waals surface area contributed by atoms with Gasteiger partial charge >= 0.3 is 6.18 Å². The maximum Gasteiger partial charge on any atom is 0.416 e. The van der Waals surface area contributed by atoms with Gasteiger partial charge in [-0.05, 0) is 40.2 Å². The van der Waals surface area contributed by atoms with E-state index in [1.165, 1.54) is 16.7 Å². The van der Waals surface area contributed by atoms with E-state index in [1.54, 1.807) is 36.9 Å². The maximum absolute atomic E-state index is 13.1. The Kier molecular flexibility index (Phi) is 4.80. The Morgan fingerprint density at radius 2 is 1.85 bits per heavy atom. The summed E-state index contributed by atoms with van der Waals surface area (Å²) in [6.45, 7) is 1.54. The fourth-order valence-corrected chi connectivity index (χ4v) is 5.35. The highest BCUT2D eigenvalue weighted by Gasteiger charge is 2.31. The lowest BCUT2D eigenvalue weighted by atomic mass is 10.1. The van der Waals surface area contributed by atoms with Crippen molar-refractivity contribution in [2.75, 3.05) is 5.75 Å². The van der Waals surface area contributed by atoms with Gasteiger partial charge in [0.2, 0.25) is 0 Å². The molecule has 0 saturated carbocycles. The molecule has 4 aromatic heterocycles. The van der Waals surface area contributed by atoms with Crippen molar-refractivity contribution in [2.45, 2.75) is 18.1 Å². The number of alkyl halides is 3. The zero-order valence-electron chi connectivity index (χ0n) is 17.2. The van der Waals surface area contributed by atoms with Crippen LogP contribution in [0.15, 0.2) is 52.2 Å². The SMILES string of the molecule is CCS(=O)(=O)c1c(-c2nc3cnc4cc(C(F)(F)F)ccc4c3n2C)nc2ccc(Br)cn12. The van der Waals surface area contributed by atoms with Gasteiger partial charge < -0.3 is 4.57 Å². The Balaban J connectivity index is 1.84. The summed E-state index contributed by atoms with van der Waals surface area (Å²) in [6.07, 6.45) is -1.50. The molecule has 12 heteroatoms. The molecule has 5 aromatic rings. The topological polar surface area (TPSA) is 82.1 Å². The monoisotopic (exact) mass is 537 g/mol. The van der Waals surface area contributed by atoms with Crippen LogP contribution in [0.1, 0.15) is 12.5 Å². The van der Waals surface area contributed by atoms with E-state index in [9.17, 15) is 21.6 Å². The molecule has 4 heterocycles. The maximum atomic E-state index is 13.1. The van der Waals surface area contributed by atoms with Crippen molar-refractivity contribution in [3.05, 3.63) is 52.8 Å². The van der Waals surface area contributed by atoms with Crippen LogP contribution in [-0.2, 0) is 23.1 Å². The number of aryl methyl sites for hydroxylation is 1. The number of pyridine rings is 2. The van der Waals surface area contributed by atoms with Crippen LogP contribution in [0, 0.1) is 0 Å². The molecule has 170 valence electrons. The van der Waals surface area contributed by atoms with Gasteiger partial charge in [-0.3, -0.25) is 9.38 Å². The highest BCUT2D eigenvalue weighted by Crippen LogP contribution is 2.35. The summed E-state index contributed by atoms with van der Waals surface area (Å²) in [7, 11) is -2.04. The van der Waals surface area contributed by atoms with E-state index in [-0.39, 0.29) is 27.8 Å². The summed E-state index contributed by atoms with van der Waals surface area (Å²) in [5.74, 6) is 0.126. The molecule has 0 radical (unpaired) electrons. The number of imidazole rings is 2. The standard InChI is InChI=1S/C21H15BrF3N5O2S/c1-3-33(31,32)20-17(28-16-7-5-12(22)10-30(16)20)19-27-15-9-26-14-8-11(21(23,24)25)4-6-13(14)18(15)29(19)2/h4-10H,3H2,1-2H3. The molecule has 33 heavy (non-hydrogen) atoms. The zero-order valence-corrected chi connectivity index (χ0v) is 19.6. The van der Waals surface area contributed by atoms with Gasteiger partial charge in [-0.1, -0.05) is 13.0 Å². The van der Waals surface area contributed by atoms with E-state index >= 15 is 0 Å². The smallest absolute Gasteiger partial charge is 0.325 e. The normalized spacial score (nSPS) is 12.9. The quantitative estimate of drug-likeness (QED) is 0.323. The van der Waals surface area contributed by atoms with Crippen molar-refractivity contribution in [3.8, 4) is 11.5 Å². The predicted molar refractivity (Wildman–Crippen MR) is 121 cm³/mol. The number of aromatic nitrogens is 5. The molecule has 0 bridgehead atoms. The molecule has 0 N–H and O–H groups in total. The molecule has 0 atom stereocenters. The average molecular weight is 538 g/mol. The number of hydrogen-bond acceptors (Lipinski definition) is 5. The Hall–Kier alpha value is -2.99. The van der Waals surface area contributed by atoms with Crippen LogP contribution < -0.4 is 0 Å². The summed E-state index contributed by atoms with van der Waals surface area (Å²) in [6, 6.07) is 6.76. The lowest BCUT2D eigenvalue weighted by Gasteiger charge is -2.08. The second-order valence-corrected chi connectivity index (χ2v) is 10.6. The lowest BCUT2D eigenvalue weighted by molar-refractivity contribution is -0.137. The second kappa shape index (κ2) is 7.26. The largest absolute Gasteiger partial charge is 0.416 e. The van der Waals surface area contributed by atoms with E-state index in [4.69, 9.17) is 0 Å². The van der Waals surface area contributed by atoms with Crippen molar-refractivity contribution < 1.29 is 21.6 Å². The number of benzene rings is 1. The molecule has 0 aliphatic heterocycles. The fourth-order valence-electron chi connectivity index (χ4n) is 3.86. The summed E-state index contributed by atoms with van der Waals surface area (Å²) in [5, 5.41) is 0.462. The summed E-state index contributed by atoms with van der Waals surface area (Å²) >= 11 is 3.36. The molecule has 0 fully saturated rings. The van der Waals surface area contributed by atoms with Crippen molar-refractivity contribution in [1.82, 2.24) is 23.9 Å². The minimum Gasteiger partial charge on any atom is -0.325 e. The number of halogens is 4. The van der Waals surface area contributed by atoms with Gasteiger partial charge in [0.05, 0.1) is 28.5 Å². The van der Waals surface area contributed by atoms with E-state index in [0.29, 0.717) is 26.5 Å². The van der Waals surface area contributed by atoms with Gasteiger partial charge in [-0.2, -0.15) is 13.2 Å². The molecule has 5 rings (SSSR count). The van der Waals surface area contributed by atoms with E-state index in [2.05, 4.69) is 30.9 Å². The first-order valence-electron chi connectivity index (χ1n) is 9.74. The van der Waals surface area contributed by atoms with E-state index in [1.807, 2.05) is 0 Å². The third kappa shape index (κ3) is 3.39.